The molecule has 0 fully saturated rings. The third-order valence-electron chi connectivity index (χ3n) is 0.523. The number of hydroxylamine groups is 1. The molecular weight excluding hydrogens is 232 g/mol. The molecule has 66 valence electrons. The fourth-order valence-electron chi connectivity index (χ4n) is 0.240. The van der Waals surface area contributed by atoms with Crippen LogP contribution in [0.5, 0.6) is 0 Å². The predicted octanol–water partition coefficient (Wildman–Crippen LogP) is 1.04. The summed E-state index contributed by atoms with van der Waals surface area (Å²) >= 11 is 14.5. The first kappa shape index (κ1) is 11.8. The van der Waals surface area contributed by atoms with Crippen LogP contribution in [-0.4, -0.2) is 16.3 Å². The van der Waals surface area contributed by atoms with Gasteiger partial charge in [-0.2, -0.15) is 5.48 Å². The van der Waals surface area contributed by atoms with Gasteiger partial charge in [-0.1, -0.05) is 23.2 Å². The Hall–Kier alpha value is 0.810. The zero-order chi connectivity index (χ0) is 8.91. The number of hydrogen-bond acceptors (Lipinski definition) is 3. The van der Waals surface area contributed by atoms with Crippen molar-refractivity contribution in [2.45, 2.75) is 0 Å². The van der Waals surface area contributed by atoms with E-state index in [1.165, 1.54) is 6.08 Å². The lowest BCUT2D eigenvalue weighted by Gasteiger charge is -2.06. The van der Waals surface area contributed by atoms with Gasteiger partial charge in [-0.05, 0) is 17.9 Å². The van der Waals surface area contributed by atoms with Crippen LogP contribution in [0.2, 0.25) is 0 Å². The maximum absolute atomic E-state index is 8.49. The topological polar surface area (TPSA) is 61.7 Å². The molecule has 11 heavy (non-hydrogen) atoms. The average Bonchev–Trinajstić information content (AvgIpc) is 1.78. The molecule has 0 bridgehead atoms. The molecule has 0 aromatic carbocycles. The third kappa shape index (κ3) is 10.8. The molecule has 0 aromatic rings. The second kappa shape index (κ2) is 5.45. The van der Waals surface area contributed by atoms with Crippen LogP contribution in [0, 0.1) is 0 Å². The van der Waals surface area contributed by atoms with Gasteiger partial charge >= 0.3 is 6.72 Å². The maximum atomic E-state index is 8.49. The minimum absolute atomic E-state index is 0.0604. The van der Waals surface area contributed by atoms with Crippen LogP contribution in [0.3, 0.4) is 0 Å². The molecule has 0 rings (SSSR count). The summed E-state index contributed by atoms with van der Waals surface area (Å²) in [5.41, 5.74) is 2.16. The fourth-order valence-corrected chi connectivity index (χ4v) is 0.795. The second-order valence-corrected chi connectivity index (χ2v) is 5.02. The van der Waals surface area contributed by atoms with Crippen molar-refractivity contribution < 1.29 is 14.4 Å². The molecule has 0 atom stereocenters. The highest BCUT2D eigenvalue weighted by Gasteiger charge is 2.05. The molecule has 0 aliphatic heterocycles. The predicted molar refractivity (Wildman–Crippen MR) is 47.6 cm³/mol. The Bertz CT molecular complexity index is 189. The molecule has 4 nitrogen and oxygen atoms in total. The minimum Gasteiger partial charge on any atom is -0.324 e. The van der Waals surface area contributed by atoms with Crippen molar-refractivity contribution in [3.05, 3.63) is 10.6 Å². The zero-order valence-corrected chi connectivity index (χ0v) is 8.42. The van der Waals surface area contributed by atoms with Crippen LogP contribution >= 0.6 is 29.9 Å². The quantitative estimate of drug-likeness (QED) is 0.388. The summed E-state index contributed by atoms with van der Waals surface area (Å²) in [6.45, 7) is -3.46. The molecule has 0 radical (unpaired) electrons. The van der Waals surface area contributed by atoms with Crippen molar-refractivity contribution in [2.24, 2.45) is 0 Å². The van der Waals surface area contributed by atoms with Crippen molar-refractivity contribution in [3.63, 3.8) is 0 Å². The van der Waals surface area contributed by atoms with Crippen LogP contribution in [0.15, 0.2) is 10.6 Å². The summed E-state index contributed by atoms with van der Waals surface area (Å²) in [6.07, 6.45) is 1.37. The highest BCUT2D eigenvalue weighted by Crippen LogP contribution is 2.34. The van der Waals surface area contributed by atoms with Gasteiger partial charge < -0.3 is 9.79 Å². The number of nitrogens with one attached hydrogen (secondary N) is 1. The summed E-state index contributed by atoms with van der Waals surface area (Å²) in [4.78, 5) is 17.0. The fraction of sp³-hybridized carbons (Fsp3) is 0.333. The van der Waals surface area contributed by atoms with Crippen LogP contribution in [0.25, 0.3) is 0 Å². The molecule has 8 heteroatoms. The Kier molecular flexibility index (Phi) is 5.86. The number of hydrogen-bond donors (Lipinski definition) is 3. The van der Waals surface area contributed by atoms with E-state index in [1.54, 1.807) is 0 Å². The lowest BCUT2D eigenvalue weighted by Crippen LogP contribution is -2.12. The highest BCUT2D eigenvalue weighted by atomic mass is 35.5. The lowest BCUT2D eigenvalue weighted by molar-refractivity contribution is 0.170. The highest BCUT2D eigenvalue weighted by molar-refractivity contribution is 8.06. The van der Waals surface area contributed by atoms with Gasteiger partial charge in [0.2, 0.25) is 0 Å². The van der Waals surface area contributed by atoms with Crippen molar-refractivity contribution >= 4 is 41.7 Å². The standard InChI is InChI=1S/C3H6Cl2NO3PS/c4-3(5)1-2-6-9-10(7,8)11/h1,6H,2H2,(H2,7,8,11). The number of rotatable bonds is 4. The monoisotopic (exact) mass is 237 g/mol. The minimum atomic E-state index is -3.62. The van der Waals surface area contributed by atoms with E-state index in [0.717, 1.165) is 0 Å². The number of halogens is 2. The largest absolute Gasteiger partial charge is 0.338 e. The zero-order valence-electron chi connectivity index (χ0n) is 5.20. The lowest BCUT2D eigenvalue weighted by atomic mass is 10.7. The molecule has 0 aliphatic rings. The smallest absolute Gasteiger partial charge is 0.324 e. The molecular formula is C3H6Cl2NO3PS. The Morgan fingerprint density at radius 2 is 2.18 bits per heavy atom. The summed E-state index contributed by atoms with van der Waals surface area (Å²) in [6, 6.07) is 0. The van der Waals surface area contributed by atoms with Crippen LogP contribution in [0.1, 0.15) is 0 Å². The van der Waals surface area contributed by atoms with Gasteiger partial charge in [-0.25, -0.2) is 4.62 Å². The Morgan fingerprint density at radius 1 is 1.64 bits per heavy atom. The van der Waals surface area contributed by atoms with Gasteiger partial charge in [0.1, 0.15) is 4.49 Å². The van der Waals surface area contributed by atoms with E-state index < -0.39 is 6.72 Å². The Balaban J connectivity index is 3.44. The summed E-state index contributed by atoms with van der Waals surface area (Å²) in [5.74, 6) is 0. The first-order chi connectivity index (χ1) is 4.92. The van der Waals surface area contributed by atoms with Crippen molar-refractivity contribution in [1.82, 2.24) is 5.48 Å². The van der Waals surface area contributed by atoms with Crippen LogP contribution < -0.4 is 5.48 Å². The first-order valence-electron chi connectivity index (χ1n) is 2.40. The summed E-state index contributed by atoms with van der Waals surface area (Å²) in [5, 5.41) is 0. The first-order valence-corrected chi connectivity index (χ1v) is 5.78. The third-order valence-corrected chi connectivity index (χ3v) is 1.42. The molecule has 0 amide bonds. The normalized spacial score (nSPS) is 11.3. The van der Waals surface area contributed by atoms with E-state index in [4.69, 9.17) is 33.0 Å². The van der Waals surface area contributed by atoms with Gasteiger partial charge in [0.15, 0.2) is 0 Å². The molecule has 3 N–H and O–H groups in total. The molecule has 0 aliphatic carbocycles. The van der Waals surface area contributed by atoms with Gasteiger partial charge in [0.25, 0.3) is 0 Å². The molecule has 0 saturated heterocycles. The van der Waals surface area contributed by atoms with E-state index in [9.17, 15) is 0 Å². The van der Waals surface area contributed by atoms with E-state index in [1.807, 2.05) is 0 Å². The summed E-state index contributed by atoms with van der Waals surface area (Å²) in [7, 11) is 0. The van der Waals surface area contributed by atoms with E-state index in [2.05, 4.69) is 21.9 Å². The van der Waals surface area contributed by atoms with Crippen LogP contribution in [0.4, 0.5) is 0 Å². The van der Waals surface area contributed by atoms with Gasteiger partial charge in [0, 0.05) is 6.54 Å². The second-order valence-electron chi connectivity index (χ2n) is 1.42. The van der Waals surface area contributed by atoms with E-state index >= 15 is 0 Å². The van der Waals surface area contributed by atoms with Gasteiger partial charge in [-0.15, -0.1) is 0 Å². The van der Waals surface area contributed by atoms with E-state index in [-0.39, 0.29) is 11.0 Å². The average molecular weight is 238 g/mol. The van der Waals surface area contributed by atoms with Gasteiger partial charge in [-0.3, -0.25) is 0 Å². The molecule has 0 aromatic heterocycles. The van der Waals surface area contributed by atoms with Crippen molar-refractivity contribution in [3.8, 4) is 0 Å². The molecule has 0 unspecified atom stereocenters. The Morgan fingerprint density at radius 3 is 2.55 bits per heavy atom. The van der Waals surface area contributed by atoms with Crippen molar-refractivity contribution in [2.75, 3.05) is 6.54 Å². The molecule has 0 heterocycles. The molecule has 0 spiro atoms. The molecule has 0 saturated carbocycles. The Labute approximate surface area is 79.0 Å². The summed E-state index contributed by atoms with van der Waals surface area (Å²) < 4.78 is 4.27. The van der Waals surface area contributed by atoms with Crippen LogP contribution in [-0.2, 0) is 16.4 Å². The van der Waals surface area contributed by atoms with Crippen molar-refractivity contribution in [1.29, 1.82) is 0 Å². The van der Waals surface area contributed by atoms with Gasteiger partial charge in [0.05, 0.1) is 0 Å². The van der Waals surface area contributed by atoms with E-state index in [0.29, 0.717) is 0 Å². The maximum Gasteiger partial charge on any atom is 0.338 e. The SMILES string of the molecule is OP(O)(=S)ONCC=C(Cl)Cl.